The third-order valence-electron chi connectivity index (χ3n) is 5.15. The van der Waals surface area contributed by atoms with Crippen LogP contribution in [0, 0.1) is 11.8 Å². The number of aliphatic imine (C=N–C) groups is 1. The maximum atomic E-state index is 12.2. The van der Waals surface area contributed by atoms with Gasteiger partial charge in [0.05, 0.1) is 18.8 Å². The molecule has 1 saturated heterocycles. The fourth-order valence-electron chi connectivity index (χ4n) is 3.59. The van der Waals surface area contributed by atoms with Gasteiger partial charge in [-0.3, -0.25) is 9.67 Å². The Morgan fingerprint density at radius 1 is 1.40 bits per heavy atom. The summed E-state index contributed by atoms with van der Waals surface area (Å²) in [6.45, 7) is 15.2. The number of guanidine groups is 1. The Labute approximate surface area is 181 Å². The van der Waals surface area contributed by atoms with E-state index in [1.54, 1.807) is 0 Å². The Hall–Kier alpha value is -2.25. The fourth-order valence-corrected chi connectivity index (χ4v) is 3.59. The molecule has 1 aliphatic rings. The summed E-state index contributed by atoms with van der Waals surface area (Å²) in [5, 5.41) is 10.7. The van der Waals surface area contributed by atoms with E-state index >= 15 is 0 Å². The highest BCUT2D eigenvalue weighted by molar-refractivity contribution is 5.80. The highest BCUT2D eigenvalue weighted by Gasteiger charge is 2.26. The Kier molecular flexibility index (Phi) is 8.55. The number of rotatable bonds is 7. The van der Waals surface area contributed by atoms with E-state index in [0.717, 1.165) is 38.4 Å². The van der Waals surface area contributed by atoms with E-state index in [4.69, 9.17) is 9.73 Å². The van der Waals surface area contributed by atoms with Gasteiger partial charge >= 0.3 is 6.09 Å². The van der Waals surface area contributed by atoms with Crippen molar-refractivity contribution in [1.82, 2.24) is 25.3 Å². The number of alkyl carbamates (subject to hydrolysis) is 1. The van der Waals surface area contributed by atoms with Crippen LogP contribution in [0.4, 0.5) is 4.79 Å². The van der Waals surface area contributed by atoms with E-state index in [2.05, 4.69) is 47.6 Å². The summed E-state index contributed by atoms with van der Waals surface area (Å²) in [6, 6.07) is -0.0812. The first kappa shape index (κ1) is 24.0. The molecule has 0 aromatic carbocycles. The normalized spacial score (nSPS) is 18.6. The van der Waals surface area contributed by atoms with Crippen molar-refractivity contribution in [2.45, 2.75) is 66.0 Å². The Morgan fingerprint density at radius 2 is 2.13 bits per heavy atom. The molecule has 30 heavy (non-hydrogen) atoms. The molecule has 0 saturated carbocycles. The van der Waals surface area contributed by atoms with Crippen LogP contribution in [0.15, 0.2) is 17.4 Å². The van der Waals surface area contributed by atoms with Crippen LogP contribution in [0.25, 0.3) is 0 Å². The molecule has 0 bridgehead atoms. The molecule has 1 amide bonds. The number of ether oxygens (including phenoxy) is 1. The second kappa shape index (κ2) is 10.7. The minimum absolute atomic E-state index is 0.0812. The van der Waals surface area contributed by atoms with Gasteiger partial charge in [-0.2, -0.15) is 5.10 Å². The van der Waals surface area contributed by atoms with Crippen LogP contribution in [-0.4, -0.2) is 64.6 Å². The van der Waals surface area contributed by atoms with E-state index in [-0.39, 0.29) is 18.1 Å². The van der Waals surface area contributed by atoms with Crippen molar-refractivity contribution in [3.63, 3.8) is 0 Å². The Balaban J connectivity index is 1.96. The molecule has 1 aromatic heterocycles. The predicted octanol–water partition coefficient (Wildman–Crippen LogP) is 2.80. The molecule has 170 valence electrons. The molecule has 2 rings (SSSR count). The lowest BCUT2D eigenvalue weighted by molar-refractivity contribution is 0.0493. The highest BCUT2D eigenvalue weighted by atomic mass is 16.6. The maximum absolute atomic E-state index is 12.2. The van der Waals surface area contributed by atoms with Gasteiger partial charge in [0, 0.05) is 32.9 Å². The molecule has 0 spiro atoms. The molecule has 1 aliphatic heterocycles. The zero-order valence-electron chi connectivity index (χ0n) is 19.7. The monoisotopic (exact) mass is 420 g/mol. The average molecular weight is 421 g/mol. The number of amides is 1. The first-order valence-electron chi connectivity index (χ1n) is 11.1. The summed E-state index contributed by atoms with van der Waals surface area (Å²) in [5.41, 5.74) is 0.774. The summed E-state index contributed by atoms with van der Waals surface area (Å²) < 4.78 is 7.27. The van der Waals surface area contributed by atoms with E-state index < -0.39 is 5.60 Å². The maximum Gasteiger partial charge on any atom is 0.407 e. The first-order valence-corrected chi connectivity index (χ1v) is 11.1. The van der Waals surface area contributed by atoms with Gasteiger partial charge in [0.25, 0.3) is 0 Å². The van der Waals surface area contributed by atoms with Gasteiger partial charge < -0.3 is 20.3 Å². The van der Waals surface area contributed by atoms with Crippen molar-refractivity contribution >= 4 is 12.1 Å². The Bertz CT molecular complexity index is 707. The van der Waals surface area contributed by atoms with Crippen LogP contribution in [0.3, 0.4) is 0 Å². The van der Waals surface area contributed by atoms with Crippen molar-refractivity contribution < 1.29 is 9.53 Å². The molecule has 2 unspecified atom stereocenters. The van der Waals surface area contributed by atoms with Crippen LogP contribution in [-0.2, 0) is 18.2 Å². The molecule has 2 atom stereocenters. The number of hydrogen-bond donors (Lipinski definition) is 2. The van der Waals surface area contributed by atoms with Gasteiger partial charge in [-0.15, -0.1) is 0 Å². The van der Waals surface area contributed by atoms with E-state index in [9.17, 15) is 4.79 Å². The third-order valence-corrected chi connectivity index (χ3v) is 5.15. The molecule has 8 nitrogen and oxygen atoms in total. The number of aromatic nitrogens is 2. The molecule has 0 aliphatic carbocycles. The summed E-state index contributed by atoms with van der Waals surface area (Å²) in [6.07, 6.45) is 5.84. The molecular formula is C22H40N6O2. The number of carbonyl (C=O) groups is 1. The van der Waals surface area contributed by atoms with E-state index in [1.165, 1.54) is 5.56 Å². The third kappa shape index (κ3) is 7.88. The van der Waals surface area contributed by atoms with Gasteiger partial charge in [-0.1, -0.05) is 13.8 Å². The number of nitrogens with zero attached hydrogens (tertiary/aromatic N) is 4. The van der Waals surface area contributed by atoms with Gasteiger partial charge in [0.15, 0.2) is 5.96 Å². The predicted molar refractivity (Wildman–Crippen MR) is 121 cm³/mol. The topological polar surface area (TPSA) is 83.8 Å². The number of aryl methyl sites for hydroxylation is 1. The van der Waals surface area contributed by atoms with Crippen LogP contribution in [0.1, 0.15) is 53.5 Å². The molecule has 1 aromatic rings. The zero-order valence-corrected chi connectivity index (χ0v) is 19.7. The van der Waals surface area contributed by atoms with Crippen molar-refractivity contribution in [2.24, 2.45) is 23.9 Å². The highest BCUT2D eigenvalue weighted by Crippen LogP contribution is 2.21. The summed E-state index contributed by atoms with van der Waals surface area (Å²) in [7, 11) is 1.96. The minimum atomic E-state index is -0.511. The van der Waals surface area contributed by atoms with Gasteiger partial charge in [0.1, 0.15) is 5.60 Å². The lowest BCUT2D eigenvalue weighted by Crippen LogP contribution is -2.45. The number of likely N-dealkylation sites (tertiary alicyclic amines) is 1. The fraction of sp³-hybridized carbons (Fsp3) is 0.773. The first-order chi connectivity index (χ1) is 14.1. The van der Waals surface area contributed by atoms with E-state index in [0.29, 0.717) is 12.5 Å². The smallest absolute Gasteiger partial charge is 0.407 e. The standard InChI is InChI=1S/C22H40N6O2/c1-8-23-20(24-13-19(16(2)3)26-21(29)30-22(4,5)6)28-10-9-17(15-28)11-18-12-25-27(7)14-18/h12,14,16-17,19H,8-11,13,15H2,1-7H3,(H,23,24)(H,26,29). The summed E-state index contributed by atoms with van der Waals surface area (Å²) in [5.74, 6) is 1.77. The lowest BCUT2D eigenvalue weighted by atomic mass is 10.0. The second-order valence-corrected chi connectivity index (χ2v) is 9.52. The van der Waals surface area contributed by atoms with Crippen molar-refractivity contribution in [1.29, 1.82) is 0 Å². The number of hydrogen-bond acceptors (Lipinski definition) is 4. The molecule has 1 fully saturated rings. The van der Waals surface area contributed by atoms with Crippen LogP contribution in [0.5, 0.6) is 0 Å². The quantitative estimate of drug-likeness (QED) is 0.523. The molecule has 8 heteroatoms. The molecule has 2 N–H and O–H groups in total. The van der Waals surface area contributed by atoms with E-state index in [1.807, 2.05) is 38.7 Å². The Morgan fingerprint density at radius 3 is 2.70 bits per heavy atom. The molecule has 2 heterocycles. The van der Waals surface area contributed by atoms with Crippen LogP contribution in [0.2, 0.25) is 0 Å². The second-order valence-electron chi connectivity index (χ2n) is 9.52. The minimum Gasteiger partial charge on any atom is -0.444 e. The van der Waals surface area contributed by atoms with Crippen molar-refractivity contribution in [3.8, 4) is 0 Å². The zero-order chi connectivity index (χ0) is 22.3. The SMILES string of the molecule is CCNC(=NCC(NC(=O)OC(C)(C)C)C(C)C)N1CCC(Cc2cnn(C)c2)C1. The largest absolute Gasteiger partial charge is 0.444 e. The van der Waals surface area contributed by atoms with Crippen LogP contribution < -0.4 is 10.6 Å². The number of carbonyl (C=O) groups excluding carboxylic acids is 1. The van der Waals surface area contributed by atoms with Crippen molar-refractivity contribution in [3.05, 3.63) is 18.0 Å². The van der Waals surface area contributed by atoms with Gasteiger partial charge in [-0.25, -0.2) is 4.79 Å². The summed E-state index contributed by atoms with van der Waals surface area (Å²) >= 11 is 0. The van der Waals surface area contributed by atoms with Crippen LogP contribution >= 0.6 is 0 Å². The number of nitrogens with one attached hydrogen (secondary N) is 2. The molecular weight excluding hydrogens is 380 g/mol. The molecule has 0 radical (unpaired) electrons. The summed E-state index contributed by atoms with van der Waals surface area (Å²) in [4.78, 5) is 19.4. The average Bonchev–Trinajstić information content (AvgIpc) is 3.25. The van der Waals surface area contributed by atoms with Gasteiger partial charge in [-0.05, 0) is 57.9 Å². The van der Waals surface area contributed by atoms with Gasteiger partial charge in [0.2, 0.25) is 0 Å². The lowest BCUT2D eigenvalue weighted by Gasteiger charge is -2.26. The van der Waals surface area contributed by atoms with Crippen molar-refractivity contribution in [2.75, 3.05) is 26.2 Å².